The van der Waals surface area contributed by atoms with Gasteiger partial charge in [-0.25, -0.2) is 9.97 Å². The Balaban J connectivity index is 1.86. The van der Waals surface area contributed by atoms with Gasteiger partial charge in [0, 0.05) is 20.9 Å². The van der Waals surface area contributed by atoms with Gasteiger partial charge in [0.25, 0.3) is 0 Å². The third kappa shape index (κ3) is 3.64. The van der Waals surface area contributed by atoms with Gasteiger partial charge in [0.1, 0.15) is 6.61 Å². The molecule has 17 heavy (non-hydrogen) atoms. The molecule has 0 aliphatic carbocycles. The van der Waals surface area contributed by atoms with Gasteiger partial charge in [-0.15, -0.1) is 0 Å². The quantitative estimate of drug-likeness (QED) is 0.655. The van der Waals surface area contributed by atoms with Crippen LogP contribution in [0.3, 0.4) is 0 Å². The van der Waals surface area contributed by atoms with Gasteiger partial charge in [-0.05, 0) is 12.1 Å². The number of ether oxygens (including phenoxy) is 1. The highest BCUT2D eigenvalue weighted by molar-refractivity contribution is 6.76. The van der Waals surface area contributed by atoms with Crippen LogP contribution in [0.25, 0.3) is 11.0 Å². The first-order chi connectivity index (χ1) is 8.04. The maximum absolute atomic E-state index is 5.62. The summed E-state index contributed by atoms with van der Waals surface area (Å²) in [5.41, 5.74) is 1.92. The molecule has 0 aromatic carbocycles. The lowest BCUT2D eigenvalue weighted by molar-refractivity contribution is 0.127. The summed E-state index contributed by atoms with van der Waals surface area (Å²) in [6.45, 7) is 8.35. The van der Waals surface area contributed by atoms with Crippen molar-refractivity contribution in [3.63, 3.8) is 0 Å². The SMILES string of the molecule is C[Si](C)(C)CCOCc1ncc2[nH]ccc2n1. The van der Waals surface area contributed by atoms with E-state index < -0.39 is 8.07 Å². The summed E-state index contributed by atoms with van der Waals surface area (Å²) in [4.78, 5) is 11.7. The molecule has 0 amide bonds. The fourth-order valence-electron chi connectivity index (χ4n) is 1.49. The molecule has 0 spiro atoms. The number of hydrogen-bond donors (Lipinski definition) is 1. The van der Waals surface area contributed by atoms with E-state index in [2.05, 4.69) is 34.6 Å². The van der Waals surface area contributed by atoms with E-state index >= 15 is 0 Å². The molecule has 92 valence electrons. The van der Waals surface area contributed by atoms with Crippen molar-refractivity contribution in [2.24, 2.45) is 0 Å². The van der Waals surface area contributed by atoms with E-state index in [9.17, 15) is 0 Å². The molecule has 1 N–H and O–H groups in total. The number of fused-ring (bicyclic) bond motifs is 1. The normalized spacial score (nSPS) is 12.2. The molecule has 0 radical (unpaired) electrons. The van der Waals surface area contributed by atoms with Crippen molar-refractivity contribution in [1.29, 1.82) is 0 Å². The number of nitrogens with zero attached hydrogens (tertiary/aromatic N) is 2. The summed E-state index contributed by atoms with van der Waals surface area (Å²) in [6.07, 6.45) is 3.68. The molecule has 0 saturated carbocycles. The van der Waals surface area contributed by atoms with Gasteiger partial charge in [0.05, 0.1) is 17.2 Å². The van der Waals surface area contributed by atoms with Crippen molar-refractivity contribution in [3.05, 3.63) is 24.3 Å². The van der Waals surface area contributed by atoms with Crippen molar-refractivity contribution in [2.45, 2.75) is 32.3 Å². The molecule has 2 aromatic rings. The van der Waals surface area contributed by atoms with E-state index in [1.807, 2.05) is 12.3 Å². The Labute approximate surface area is 102 Å². The second-order valence-corrected chi connectivity index (χ2v) is 11.0. The zero-order valence-electron chi connectivity index (χ0n) is 10.7. The van der Waals surface area contributed by atoms with Crippen LogP contribution < -0.4 is 0 Å². The summed E-state index contributed by atoms with van der Waals surface area (Å²) < 4.78 is 5.62. The first-order valence-electron chi connectivity index (χ1n) is 5.91. The Kier molecular flexibility index (Phi) is 3.59. The predicted octanol–water partition coefficient (Wildman–Crippen LogP) is 2.81. The van der Waals surface area contributed by atoms with Crippen LogP contribution >= 0.6 is 0 Å². The highest BCUT2D eigenvalue weighted by Gasteiger charge is 2.12. The Morgan fingerprint density at radius 1 is 1.35 bits per heavy atom. The molecular formula is C12H19N3OSi. The molecular weight excluding hydrogens is 230 g/mol. The van der Waals surface area contributed by atoms with Crippen LogP contribution in [0.15, 0.2) is 18.5 Å². The maximum Gasteiger partial charge on any atom is 0.154 e. The van der Waals surface area contributed by atoms with Crippen LogP contribution in [0.4, 0.5) is 0 Å². The molecule has 0 aliphatic rings. The lowest BCUT2D eigenvalue weighted by Gasteiger charge is -2.14. The molecule has 0 fully saturated rings. The van der Waals surface area contributed by atoms with Gasteiger partial charge in [0.15, 0.2) is 5.82 Å². The maximum atomic E-state index is 5.62. The van der Waals surface area contributed by atoms with E-state index in [1.165, 1.54) is 6.04 Å². The average Bonchev–Trinajstić information content (AvgIpc) is 2.70. The standard InChI is InChI=1S/C12H19N3OSi/c1-17(2,3)7-6-16-9-12-14-8-11-10(15-12)4-5-13-11/h4-5,8,13H,6-7,9H2,1-3H3. The van der Waals surface area contributed by atoms with Gasteiger partial charge in [-0.2, -0.15) is 0 Å². The zero-order chi connectivity index (χ0) is 12.3. The highest BCUT2D eigenvalue weighted by Crippen LogP contribution is 2.10. The minimum atomic E-state index is -0.999. The Bertz CT molecular complexity index is 490. The monoisotopic (exact) mass is 249 g/mol. The average molecular weight is 249 g/mol. The second-order valence-electron chi connectivity index (χ2n) is 5.43. The fraction of sp³-hybridized carbons (Fsp3) is 0.500. The predicted molar refractivity (Wildman–Crippen MR) is 71.7 cm³/mol. The summed E-state index contributed by atoms with van der Waals surface area (Å²) in [6, 6.07) is 3.13. The molecule has 0 saturated heterocycles. The van der Waals surface area contributed by atoms with Crippen LogP contribution in [0.1, 0.15) is 5.82 Å². The van der Waals surface area contributed by atoms with E-state index in [0.717, 1.165) is 23.5 Å². The van der Waals surface area contributed by atoms with E-state index in [4.69, 9.17) is 4.74 Å². The number of nitrogens with one attached hydrogen (secondary N) is 1. The van der Waals surface area contributed by atoms with E-state index in [0.29, 0.717) is 6.61 Å². The van der Waals surface area contributed by atoms with Gasteiger partial charge >= 0.3 is 0 Å². The largest absolute Gasteiger partial charge is 0.374 e. The molecule has 2 rings (SSSR count). The van der Waals surface area contributed by atoms with Gasteiger partial charge < -0.3 is 9.72 Å². The van der Waals surface area contributed by atoms with Gasteiger partial charge in [0.2, 0.25) is 0 Å². The minimum absolute atomic E-state index is 0.506. The highest BCUT2D eigenvalue weighted by atomic mass is 28.3. The Morgan fingerprint density at radius 2 is 2.18 bits per heavy atom. The molecule has 0 bridgehead atoms. The van der Waals surface area contributed by atoms with E-state index in [1.54, 1.807) is 6.20 Å². The molecule has 0 aliphatic heterocycles. The summed E-state index contributed by atoms with van der Waals surface area (Å²) in [5.74, 6) is 0.757. The minimum Gasteiger partial charge on any atom is -0.374 e. The number of H-pyrrole nitrogens is 1. The first-order valence-corrected chi connectivity index (χ1v) is 9.62. The molecule has 2 aromatic heterocycles. The van der Waals surface area contributed by atoms with Crippen molar-refractivity contribution < 1.29 is 4.74 Å². The first kappa shape index (κ1) is 12.3. The third-order valence-corrected chi connectivity index (χ3v) is 4.28. The molecule has 2 heterocycles. The molecule has 5 heteroatoms. The number of hydrogen-bond acceptors (Lipinski definition) is 3. The van der Waals surface area contributed by atoms with Crippen molar-refractivity contribution in [2.75, 3.05) is 6.61 Å². The van der Waals surface area contributed by atoms with Crippen LogP contribution in [0, 0.1) is 0 Å². The fourth-order valence-corrected chi connectivity index (χ4v) is 2.25. The van der Waals surface area contributed by atoms with Crippen LogP contribution in [-0.2, 0) is 11.3 Å². The molecule has 0 unspecified atom stereocenters. The zero-order valence-corrected chi connectivity index (χ0v) is 11.7. The van der Waals surface area contributed by atoms with Crippen molar-refractivity contribution in [3.8, 4) is 0 Å². The topological polar surface area (TPSA) is 50.8 Å². The Hall–Kier alpha value is -1.20. The number of rotatable bonds is 5. The van der Waals surface area contributed by atoms with Crippen LogP contribution in [0.2, 0.25) is 25.7 Å². The Morgan fingerprint density at radius 3 is 2.94 bits per heavy atom. The lowest BCUT2D eigenvalue weighted by atomic mass is 10.4. The summed E-state index contributed by atoms with van der Waals surface area (Å²) in [5, 5.41) is 0. The third-order valence-electron chi connectivity index (χ3n) is 2.58. The second kappa shape index (κ2) is 4.97. The van der Waals surface area contributed by atoms with Crippen molar-refractivity contribution >= 4 is 19.1 Å². The number of aromatic nitrogens is 3. The van der Waals surface area contributed by atoms with Crippen molar-refractivity contribution in [1.82, 2.24) is 15.0 Å². The van der Waals surface area contributed by atoms with Gasteiger partial charge in [-0.3, -0.25) is 0 Å². The van der Waals surface area contributed by atoms with Crippen LogP contribution in [0.5, 0.6) is 0 Å². The summed E-state index contributed by atoms with van der Waals surface area (Å²) in [7, 11) is -0.999. The molecule has 0 atom stereocenters. The summed E-state index contributed by atoms with van der Waals surface area (Å²) >= 11 is 0. The lowest BCUT2D eigenvalue weighted by Crippen LogP contribution is -2.21. The molecule has 4 nitrogen and oxygen atoms in total. The van der Waals surface area contributed by atoms with Gasteiger partial charge in [-0.1, -0.05) is 19.6 Å². The van der Waals surface area contributed by atoms with E-state index in [-0.39, 0.29) is 0 Å². The smallest absolute Gasteiger partial charge is 0.154 e. The van der Waals surface area contributed by atoms with Crippen LogP contribution in [-0.4, -0.2) is 29.6 Å². The number of aromatic amines is 1.